The van der Waals surface area contributed by atoms with Crippen molar-refractivity contribution in [3.05, 3.63) is 88.9 Å². The van der Waals surface area contributed by atoms with Gasteiger partial charge in [-0.3, -0.25) is 0 Å². The minimum atomic E-state index is -3.88. The normalized spacial score (nSPS) is 11.9. The molecular weight excluding hydrogens is 501 g/mol. The molecule has 0 fully saturated rings. The zero-order valence-corrected chi connectivity index (χ0v) is 20.4. The fourth-order valence-corrected chi connectivity index (χ4v) is 4.79. The summed E-state index contributed by atoms with van der Waals surface area (Å²) in [5, 5.41) is 22.8. The molecule has 1 unspecified atom stereocenters. The van der Waals surface area contributed by atoms with Gasteiger partial charge in [-0.05, 0) is 60.5 Å². The van der Waals surface area contributed by atoms with E-state index in [2.05, 4.69) is 5.32 Å². The molecule has 3 N–H and O–H groups in total. The Morgan fingerprint density at radius 1 is 1.03 bits per heavy atom. The Bertz CT molecular complexity index is 1200. The SMILES string of the molecule is Cl.O=C(O)COc1ccccc1S(=O)(=O)c1ccc(CCNCC(O)c2cccc(Cl)c2)cc1. The maximum atomic E-state index is 13.0. The summed E-state index contributed by atoms with van der Waals surface area (Å²) in [5.74, 6) is -1.20. The first-order valence-corrected chi connectivity index (χ1v) is 12.1. The minimum Gasteiger partial charge on any atom is -0.481 e. The molecule has 0 radical (unpaired) electrons. The summed E-state index contributed by atoms with van der Waals surface area (Å²) in [6, 6.07) is 19.5. The second-order valence-electron chi connectivity index (χ2n) is 7.30. The van der Waals surface area contributed by atoms with E-state index in [9.17, 15) is 18.3 Å². The van der Waals surface area contributed by atoms with Crippen LogP contribution in [0.15, 0.2) is 82.6 Å². The van der Waals surface area contributed by atoms with Crippen LogP contribution in [0.4, 0.5) is 0 Å². The number of halogens is 2. The smallest absolute Gasteiger partial charge is 0.341 e. The number of sulfone groups is 1. The molecular formula is C24H25Cl2NO6S. The molecule has 0 aliphatic rings. The molecule has 0 amide bonds. The Balaban J connectivity index is 0.00000408. The van der Waals surface area contributed by atoms with Crippen LogP contribution in [0.2, 0.25) is 5.02 Å². The van der Waals surface area contributed by atoms with Gasteiger partial charge in [-0.1, -0.05) is 48.0 Å². The Kier molecular flexibility index (Phi) is 10.3. The molecule has 7 nitrogen and oxygen atoms in total. The number of benzene rings is 3. The molecule has 0 spiro atoms. The van der Waals surface area contributed by atoms with Crippen LogP contribution in [0.25, 0.3) is 0 Å². The van der Waals surface area contributed by atoms with Crippen LogP contribution in [0.3, 0.4) is 0 Å². The van der Waals surface area contributed by atoms with Crippen LogP contribution in [0.5, 0.6) is 5.75 Å². The van der Waals surface area contributed by atoms with Crippen molar-refractivity contribution in [3.63, 3.8) is 0 Å². The monoisotopic (exact) mass is 525 g/mol. The molecule has 0 aliphatic heterocycles. The Morgan fingerprint density at radius 3 is 2.41 bits per heavy atom. The summed E-state index contributed by atoms with van der Waals surface area (Å²) in [5.41, 5.74) is 1.66. The predicted octanol–water partition coefficient (Wildman–Crippen LogP) is 3.92. The van der Waals surface area contributed by atoms with Crippen LogP contribution >= 0.6 is 24.0 Å². The van der Waals surface area contributed by atoms with Gasteiger partial charge in [0, 0.05) is 11.6 Å². The number of aliphatic hydroxyl groups excluding tert-OH is 1. The zero-order chi connectivity index (χ0) is 23.8. The first-order chi connectivity index (χ1) is 15.8. The topological polar surface area (TPSA) is 113 Å². The summed E-state index contributed by atoms with van der Waals surface area (Å²) in [6.07, 6.45) is -0.0411. The summed E-state index contributed by atoms with van der Waals surface area (Å²) in [6.45, 7) is 0.319. The standard InChI is InChI=1S/C24H24ClNO6S.ClH/c25-19-5-3-4-18(14-19)21(27)15-26-13-12-17-8-10-20(11-9-17)33(30,31)23-7-2-1-6-22(23)32-16-24(28)29;/h1-11,14,21,26-27H,12-13,15-16H2,(H,28,29);1H. The summed E-state index contributed by atoms with van der Waals surface area (Å²) >= 11 is 5.95. The third kappa shape index (κ3) is 7.44. The van der Waals surface area contributed by atoms with Gasteiger partial charge < -0.3 is 20.3 Å². The lowest BCUT2D eigenvalue weighted by atomic mass is 10.1. The van der Waals surface area contributed by atoms with Gasteiger partial charge in [0.15, 0.2) is 6.61 Å². The highest BCUT2D eigenvalue weighted by molar-refractivity contribution is 7.91. The third-order valence-electron chi connectivity index (χ3n) is 4.89. The van der Waals surface area contributed by atoms with E-state index in [4.69, 9.17) is 21.4 Å². The highest BCUT2D eigenvalue weighted by atomic mass is 35.5. The van der Waals surface area contributed by atoms with Gasteiger partial charge >= 0.3 is 5.97 Å². The lowest BCUT2D eigenvalue weighted by Gasteiger charge is -2.13. The van der Waals surface area contributed by atoms with Gasteiger partial charge in [0.25, 0.3) is 0 Å². The summed E-state index contributed by atoms with van der Waals surface area (Å²) in [7, 11) is -3.88. The van der Waals surface area contributed by atoms with Crippen LogP contribution < -0.4 is 10.1 Å². The lowest BCUT2D eigenvalue weighted by Crippen LogP contribution is -2.23. The van der Waals surface area contributed by atoms with Crippen molar-refractivity contribution < 1.29 is 28.2 Å². The van der Waals surface area contributed by atoms with E-state index in [0.717, 1.165) is 11.1 Å². The lowest BCUT2D eigenvalue weighted by molar-refractivity contribution is -0.139. The van der Waals surface area contributed by atoms with Crippen molar-refractivity contribution in [2.24, 2.45) is 0 Å². The maximum absolute atomic E-state index is 13.0. The third-order valence-corrected chi connectivity index (χ3v) is 6.93. The first-order valence-electron chi connectivity index (χ1n) is 10.2. The predicted molar refractivity (Wildman–Crippen MR) is 132 cm³/mol. The molecule has 0 aliphatic carbocycles. The number of para-hydroxylation sites is 1. The number of hydrogen-bond donors (Lipinski definition) is 3. The molecule has 3 rings (SSSR count). The Hall–Kier alpha value is -2.62. The first kappa shape index (κ1) is 27.6. The van der Waals surface area contributed by atoms with Crippen LogP contribution in [0.1, 0.15) is 17.2 Å². The molecule has 0 saturated carbocycles. The minimum absolute atomic E-state index is 0. The van der Waals surface area contributed by atoms with E-state index < -0.39 is 28.5 Å². The quantitative estimate of drug-likeness (QED) is 0.325. The number of nitrogens with one attached hydrogen (secondary N) is 1. The van der Waals surface area contributed by atoms with Gasteiger partial charge in [-0.2, -0.15) is 0 Å². The molecule has 182 valence electrons. The average Bonchev–Trinajstić information content (AvgIpc) is 2.81. The number of rotatable bonds is 11. The number of carboxylic acids is 1. The van der Waals surface area contributed by atoms with E-state index in [0.29, 0.717) is 24.5 Å². The van der Waals surface area contributed by atoms with Crippen molar-refractivity contribution in [2.75, 3.05) is 19.7 Å². The van der Waals surface area contributed by atoms with Crippen LogP contribution in [-0.4, -0.2) is 44.3 Å². The molecule has 34 heavy (non-hydrogen) atoms. The maximum Gasteiger partial charge on any atom is 0.341 e. The molecule has 1 atom stereocenters. The molecule has 0 aromatic heterocycles. The Morgan fingerprint density at radius 2 is 1.74 bits per heavy atom. The summed E-state index contributed by atoms with van der Waals surface area (Å²) in [4.78, 5) is 10.8. The number of ether oxygens (including phenoxy) is 1. The highest BCUT2D eigenvalue weighted by Gasteiger charge is 2.22. The van der Waals surface area contributed by atoms with E-state index in [-0.39, 0.29) is 27.9 Å². The van der Waals surface area contributed by atoms with Gasteiger partial charge in [-0.25, -0.2) is 13.2 Å². The van der Waals surface area contributed by atoms with E-state index in [1.54, 1.807) is 42.5 Å². The largest absolute Gasteiger partial charge is 0.481 e. The van der Waals surface area contributed by atoms with Crippen molar-refractivity contribution in [2.45, 2.75) is 22.3 Å². The van der Waals surface area contributed by atoms with Crippen molar-refractivity contribution in [3.8, 4) is 5.75 Å². The zero-order valence-electron chi connectivity index (χ0n) is 18.1. The molecule has 3 aromatic carbocycles. The fourth-order valence-electron chi connectivity index (χ4n) is 3.20. The number of aliphatic hydroxyl groups is 1. The average molecular weight is 526 g/mol. The summed E-state index contributed by atoms with van der Waals surface area (Å²) < 4.78 is 31.2. The molecule has 0 heterocycles. The van der Waals surface area contributed by atoms with Crippen molar-refractivity contribution in [1.29, 1.82) is 0 Å². The van der Waals surface area contributed by atoms with Crippen molar-refractivity contribution in [1.82, 2.24) is 5.32 Å². The second kappa shape index (κ2) is 12.7. The highest BCUT2D eigenvalue weighted by Crippen LogP contribution is 2.29. The number of carbonyl (C=O) groups is 1. The van der Waals surface area contributed by atoms with Crippen molar-refractivity contribution >= 4 is 39.8 Å². The van der Waals surface area contributed by atoms with Gasteiger partial charge in [-0.15, -0.1) is 12.4 Å². The van der Waals surface area contributed by atoms with Gasteiger partial charge in [0.2, 0.25) is 9.84 Å². The van der Waals surface area contributed by atoms with Crippen LogP contribution in [-0.2, 0) is 21.1 Å². The molecule has 10 heteroatoms. The van der Waals surface area contributed by atoms with E-state index in [1.807, 2.05) is 6.07 Å². The molecule has 3 aromatic rings. The molecule has 0 bridgehead atoms. The van der Waals surface area contributed by atoms with E-state index >= 15 is 0 Å². The molecule has 0 saturated heterocycles. The fraction of sp³-hybridized carbons (Fsp3) is 0.208. The number of aliphatic carboxylic acids is 1. The number of hydrogen-bond acceptors (Lipinski definition) is 6. The van der Waals surface area contributed by atoms with Gasteiger partial charge in [0.05, 0.1) is 11.0 Å². The van der Waals surface area contributed by atoms with E-state index in [1.165, 1.54) is 24.3 Å². The number of carboxylic acid groups (broad SMARTS) is 1. The second-order valence-corrected chi connectivity index (χ2v) is 9.66. The Labute approximate surface area is 209 Å². The van der Waals surface area contributed by atoms with Gasteiger partial charge in [0.1, 0.15) is 10.6 Å². The van der Waals surface area contributed by atoms with Crippen LogP contribution in [0, 0.1) is 0 Å².